The maximum Gasteiger partial charge on any atom is 0.311 e. The lowest BCUT2D eigenvalue weighted by molar-refractivity contribution is -0.255. The molecule has 34 heteroatoms. The Balaban J connectivity index is 1.45. The zero-order valence-corrected chi connectivity index (χ0v) is 63.8. The average molecular weight is 1530 g/mol. The van der Waals surface area contributed by atoms with Gasteiger partial charge in [-0.15, -0.1) is 0 Å². The second-order valence-corrected chi connectivity index (χ2v) is 28.0. The first-order valence-electron chi connectivity index (χ1n) is 37.0. The zero-order chi connectivity index (χ0) is 79.6. The van der Waals surface area contributed by atoms with Crippen molar-refractivity contribution in [1.29, 1.82) is 0 Å². The number of esters is 4. The third-order valence-corrected chi connectivity index (χ3v) is 19.9. The van der Waals surface area contributed by atoms with Crippen molar-refractivity contribution in [3.63, 3.8) is 0 Å². The number of hydrogen-bond acceptors (Lipinski definition) is 23. The van der Waals surface area contributed by atoms with Crippen LogP contribution in [0.2, 0.25) is 0 Å². The third kappa shape index (κ3) is 32.0. The summed E-state index contributed by atoms with van der Waals surface area (Å²) < 4.78 is 126. The van der Waals surface area contributed by atoms with E-state index >= 15 is 0 Å². The molecule has 606 valence electrons. The summed E-state index contributed by atoms with van der Waals surface area (Å²) in [5.74, 6) is -19.9. The van der Waals surface area contributed by atoms with Crippen LogP contribution < -0.4 is 37.1 Å². The maximum atomic E-state index is 14.6. The van der Waals surface area contributed by atoms with Gasteiger partial charge in [-0.1, -0.05) is 55.4 Å². The van der Waals surface area contributed by atoms with Crippen molar-refractivity contribution in [3.8, 4) is 5.75 Å². The third-order valence-electron chi connectivity index (χ3n) is 19.9. The summed E-state index contributed by atoms with van der Waals surface area (Å²) in [5.41, 5.74) is 6.48. The highest BCUT2D eigenvalue weighted by atomic mass is 19.2. The van der Waals surface area contributed by atoms with Gasteiger partial charge in [0.2, 0.25) is 64.4 Å². The van der Waals surface area contributed by atoms with Crippen molar-refractivity contribution in [2.75, 3.05) is 85.5 Å². The number of unbranched alkanes of at least 4 members (excludes halogenated alkanes) is 3. The van der Waals surface area contributed by atoms with Crippen LogP contribution in [0.25, 0.3) is 0 Å². The van der Waals surface area contributed by atoms with E-state index in [1.807, 2.05) is 41.5 Å². The molecular weight excluding hydrogens is 1420 g/mol. The molecule has 4 rings (SSSR count). The van der Waals surface area contributed by atoms with Crippen LogP contribution in [0.3, 0.4) is 0 Å². The minimum absolute atomic E-state index is 0.00469. The van der Waals surface area contributed by atoms with E-state index in [1.54, 1.807) is 0 Å². The van der Waals surface area contributed by atoms with Crippen molar-refractivity contribution in [2.24, 2.45) is 58.1 Å². The molecule has 16 atom stereocenters. The van der Waals surface area contributed by atoms with Gasteiger partial charge in [-0.25, -0.2) is 13.2 Å². The molecule has 1 aromatic carbocycles. The molecule has 3 heterocycles. The first kappa shape index (κ1) is 92.0. The number of halogens is 5. The number of ether oxygens (including phenoxy) is 10. The van der Waals surface area contributed by atoms with Crippen LogP contribution in [0, 0.1) is 76.4 Å². The lowest BCUT2D eigenvalue weighted by Crippen LogP contribution is -2.58. The number of ketones is 2. The summed E-state index contributed by atoms with van der Waals surface area (Å²) in [5, 5.41) is 13.8. The topological polar surface area (TPSA) is 382 Å². The number of carbonyl (C=O) groups is 11. The number of hydrogen-bond donors (Lipinski definition) is 6. The molecule has 0 aromatic heterocycles. The number of amidine groups is 1. The van der Waals surface area contributed by atoms with Gasteiger partial charge in [0.15, 0.2) is 24.7 Å². The number of nitrogens with zero attached hydrogens (tertiary/aromatic N) is 2. The summed E-state index contributed by atoms with van der Waals surface area (Å²) in [7, 11) is 0. The Morgan fingerprint density at radius 3 is 1.34 bits per heavy atom. The quantitative estimate of drug-likeness (QED) is 0.00510. The largest absolute Gasteiger partial charge is 0.463 e. The van der Waals surface area contributed by atoms with Crippen molar-refractivity contribution < 1.29 is 122 Å². The van der Waals surface area contributed by atoms with E-state index in [0.717, 1.165) is 0 Å². The lowest BCUT2D eigenvalue weighted by Gasteiger charge is -2.44. The van der Waals surface area contributed by atoms with Crippen molar-refractivity contribution in [1.82, 2.24) is 31.5 Å². The summed E-state index contributed by atoms with van der Waals surface area (Å²) in [6.45, 7) is 21.2. The number of aliphatic imine (C=N–C) groups is 1. The molecule has 107 heavy (non-hydrogen) atoms. The molecule has 7 N–H and O–H groups in total. The van der Waals surface area contributed by atoms with Gasteiger partial charge in [0.1, 0.15) is 38.0 Å². The van der Waals surface area contributed by atoms with Gasteiger partial charge in [-0.05, 0) is 86.9 Å². The number of benzene rings is 1. The summed E-state index contributed by atoms with van der Waals surface area (Å²) in [4.78, 5) is 146. The molecule has 0 radical (unpaired) electrons. The molecule has 7 unspecified atom stereocenters. The zero-order valence-electron chi connectivity index (χ0n) is 63.8. The smallest absolute Gasteiger partial charge is 0.311 e. The van der Waals surface area contributed by atoms with Gasteiger partial charge in [0.05, 0.1) is 43.5 Å². The van der Waals surface area contributed by atoms with E-state index < -0.39 is 170 Å². The summed E-state index contributed by atoms with van der Waals surface area (Å²) in [6.07, 6.45) is -3.36. The van der Waals surface area contributed by atoms with E-state index in [1.165, 1.54) is 32.6 Å². The fourth-order valence-electron chi connectivity index (χ4n) is 12.5. The lowest BCUT2D eigenvalue weighted by atomic mass is 9.79. The van der Waals surface area contributed by atoms with Crippen LogP contribution >= 0.6 is 0 Å². The first-order valence-corrected chi connectivity index (χ1v) is 37.0. The molecular formula is C73H113F5N8O21. The fraction of sp³-hybridized carbons (Fsp3) is 0.753. The Labute approximate surface area is 622 Å². The molecule has 5 amide bonds. The summed E-state index contributed by atoms with van der Waals surface area (Å²) in [6, 6.07) is -1.81. The number of carbonyl (C=O) groups excluding carboxylic acids is 11. The van der Waals surface area contributed by atoms with Gasteiger partial charge in [-0.3, -0.25) is 62.6 Å². The van der Waals surface area contributed by atoms with Crippen LogP contribution in [0.5, 0.6) is 5.75 Å². The monoisotopic (exact) mass is 1530 g/mol. The molecule has 0 bridgehead atoms. The number of nitrogens with one attached hydrogen (secondary N) is 5. The first-order chi connectivity index (χ1) is 50.6. The van der Waals surface area contributed by atoms with E-state index in [4.69, 9.17) is 48.4 Å². The number of rotatable bonds is 47. The fourth-order valence-corrected chi connectivity index (χ4v) is 12.5. The van der Waals surface area contributed by atoms with E-state index in [-0.39, 0.29) is 163 Å². The normalized spacial score (nSPS) is 24.7. The molecule has 0 saturated carbocycles. The van der Waals surface area contributed by atoms with Gasteiger partial charge in [0.25, 0.3) is 0 Å². The SMILES string of the molecule is CC(=O)NC1[C@H](OCCCCNC(=O)CN=C(N)CN(CC(=O)CCC(=O)NCCCCO[C@@H]2OC(COC(C)=O)[C@H](C)[C@H](C)C2C)C(CCNC(=O)CCCC(=O)Oc2c(F)c(F)c(F)c(F)c2F)C(=O)CCC(=O)NCCCCO[C@@H]2OC(COC(C)=O)[C@H](C)[C@H](C)C2C)OC(COC(C)=O)[C@H](C)[C@@H]1C. The second-order valence-electron chi connectivity index (χ2n) is 28.0. The Morgan fingerprint density at radius 1 is 0.458 bits per heavy atom. The Kier molecular flexibility index (Phi) is 40.9. The second kappa shape index (κ2) is 47.5. The highest BCUT2D eigenvalue weighted by Gasteiger charge is 2.44. The molecule has 3 saturated heterocycles. The van der Waals surface area contributed by atoms with Crippen LogP contribution in [0.4, 0.5) is 22.0 Å². The van der Waals surface area contributed by atoms with Crippen LogP contribution in [-0.2, 0) is 95.4 Å². The van der Waals surface area contributed by atoms with Gasteiger partial charge >= 0.3 is 23.9 Å². The van der Waals surface area contributed by atoms with Crippen molar-refractivity contribution in [3.05, 3.63) is 29.1 Å². The van der Waals surface area contributed by atoms with Crippen LogP contribution in [-0.4, -0.2) is 210 Å². The predicted molar refractivity (Wildman–Crippen MR) is 375 cm³/mol. The Bertz CT molecular complexity index is 3110. The molecule has 3 aliphatic rings. The number of nitrogens with two attached hydrogens (primary N) is 1. The standard InChI is InChI=1S/C73H113F5N8O21/c1-40-42(3)55(37-101-49(10)88)104-71(46(40)7)98-31-16-13-27-80-60(94)24-22-52(91)35-86(36-58(79)84-34-62(96)82-29-15-18-33-100-73-69(85-48(9)87)45(6)44(5)57(106-73)39-103-51(12)90)53(26-30-83-59(93)20-19-21-63(97)107-70-67(77)65(75)64(74)66(76)68(70)78)54(92)23-25-61(95)81-28-14-17-32-99-72-47(8)41(2)43(4)56(105-72)38-102-50(11)89/h40-47,53,55-57,69,71-73H,13-39H2,1-12H3,(H2,79,84)(H,80,94)(H,81,95)(H,82,96)(H,83,93)(H,85,87)/t40-,41-,42+,43+,44+,45-,46?,47?,53?,55?,56?,57?,69?,71+,72+,73+/m0/s1. The molecule has 0 aliphatic carbocycles. The van der Waals surface area contributed by atoms with E-state index in [0.29, 0.717) is 45.1 Å². The molecule has 29 nitrogen and oxygen atoms in total. The van der Waals surface area contributed by atoms with Crippen LogP contribution in [0.1, 0.15) is 173 Å². The molecule has 0 spiro atoms. The average Bonchev–Trinajstić information content (AvgIpc) is 0.816. The minimum atomic E-state index is -2.47. The number of Topliss-reactive ketones (excluding diaryl/α,β-unsaturated/α-hetero) is 2. The van der Waals surface area contributed by atoms with E-state index in [2.05, 4.69) is 50.2 Å². The number of amides is 5. The maximum absolute atomic E-state index is 14.6. The van der Waals surface area contributed by atoms with Crippen molar-refractivity contribution in [2.45, 2.75) is 222 Å². The highest BCUT2D eigenvalue weighted by molar-refractivity contribution is 5.92. The van der Waals surface area contributed by atoms with Crippen LogP contribution in [0.15, 0.2) is 4.99 Å². The minimum Gasteiger partial charge on any atom is -0.463 e. The molecule has 3 aliphatic heterocycles. The predicted octanol–water partition coefficient (Wildman–Crippen LogP) is 5.89. The highest BCUT2D eigenvalue weighted by Crippen LogP contribution is 2.38. The van der Waals surface area contributed by atoms with Crippen molar-refractivity contribution >= 4 is 70.8 Å². The Morgan fingerprint density at radius 2 is 0.869 bits per heavy atom. The molecule has 1 aromatic rings. The van der Waals surface area contributed by atoms with Gasteiger partial charge in [-0.2, -0.15) is 8.78 Å². The molecule has 3 fully saturated rings. The van der Waals surface area contributed by atoms with Gasteiger partial charge in [0, 0.05) is 124 Å². The van der Waals surface area contributed by atoms with E-state index in [9.17, 15) is 74.7 Å². The Hall–Kier alpha value is -7.37. The van der Waals surface area contributed by atoms with Gasteiger partial charge < -0.3 is 79.7 Å². The summed E-state index contributed by atoms with van der Waals surface area (Å²) >= 11 is 0.